The number of imidazole rings is 1. The van der Waals surface area contributed by atoms with E-state index >= 15 is 0 Å². The van der Waals surface area contributed by atoms with Gasteiger partial charge in [0.2, 0.25) is 11.5 Å². The van der Waals surface area contributed by atoms with Gasteiger partial charge in [0, 0.05) is 19.7 Å². The zero-order chi connectivity index (χ0) is 23.5. The van der Waals surface area contributed by atoms with Gasteiger partial charge in [-0.3, -0.25) is 9.59 Å². The molecule has 0 spiro atoms. The highest BCUT2D eigenvalue weighted by atomic mass is 16.4. The van der Waals surface area contributed by atoms with E-state index in [-0.39, 0.29) is 30.6 Å². The maximum atomic E-state index is 13.3. The number of fused-ring (bicyclic) bond motifs is 1. The second-order valence-corrected chi connectivity index (χ2v) is 7.71. The second-order valence-electron chi connectivity index (χ2n) is 7.71. The molecule has 0 radical (unpaired) electrons. The molecule has 1 aliphatic heterocycles. The lowest BCUT2D eigenvalue weighted by Gasteiger charge is -2.34. The molecule has 3 aromatic rings. The lowest BCUT2D eigenvalue weighted by molar-refractivity contribution is -0.135. The molecule has 1 aromatic heterocycles. The van der Waals surface area contributed by atoms with Gasteiger partial charge in [-0.2, -0.15) is 0 Å². The molecule has 2 aromatic carbocycles. The quantitative estimate of drug-likeness (QED) is 0.326. The minimum atomic E-state index is -1.63. The summed E-state index contributed by atoms with van der Waals surface area (Å²) < 4.78 is 1.58. The van der Waals surface area contributed by atoms with Crippen LogP contribution in [0, 0.1) is 0 Å². The molecule has 168 valence electrons. The van der Waals surface area contributed by atoms with Gasteiger partial charge in [0.05, 0.1) is 13.2 Å². The summed E-state index contributed by atoms with van der Waals surface area (Å²) in [6.45, 7) is 0.894. The van der Waals surface area contributed by atoms with Crippen LogP contribution in [0.3, 0.4) is 0 Å². The Bertz CT molecular complexity index is 1230. The van der Waals surface area contributed by atoms with Crippen molar-refractivity contribution in [3.05, 3.63) is 95.1 Å². The third-order valence-corrected chi connectivity index (χ3v) is 5.28. The van der Waals surface area contributed by atoms with Gasteiger partial charge in [-0.05, 0) is 11.1 Å². The Hall–Kier alpha value is -4.40. The van der Waals surface area contributed by atoms with Crippen LogP contribution < -0.4 is 4.90 Å². The molecule has 0 saturated carbocycles. The second kappa shape index (κ2) is 8.99. The number of carboxylic acid groups (broad SMARTS) is 1. The lowest BCUT2D eigenvalue weighted by Crippen LogP contribution is -2.45. The van der Waals surface area contributed by atoms with E-state index < -0.39 is 17.5 Å². The molecule has 0 unspecified atom stereocenters. The first-order valence-electron chi connectivity index (χ1n) is 10.2. The van der Waals surface area contributed by atoms with Crippen LogP contribution >= 0.6 is 0 Å². The van der Waals surface area contributed by atoms with E-state index in [1.807, 2.05) is 65.6 Å². The average molecular weight is 446 g/mol. The highest BCUT2D eigenvalue weighted by molar-refractivity contribution is 6.08. The van der Waals surface area contributed by atoms with Gasteiger partial charge in [-0.1, -0.05) is 60.7 Å². The summed E-state index contributed by atoms with van der Waals surface area (Å²) in [5.74, 6) is -3.54. The number of hydrogen-bond acceptors (Lipinski definition) is 6. The zero-order valence-electron chi connectivity index (χ0n) is 17.9. The number of anilines is 1. The summed E-state index contributed by atoms with van der Waals surface area (Å²) in [7, 11) is 1.80. The summed E-state index contributed by atoms with van der Waals surface area (Å²) in [6.07, 6.45) is 0.601. The van der Waals surface area contributed by atoms with Crippen molar-refractivity contribution in [2.24, 2.45) is 0 Å². The van der Waals surface area contributed by atoms with Gasteiger partial charge in [0.25, 0.3) is 5.91 Å². The first kappa shape index (κ1) is 21.8. The van der Waals surface area contributed by atoms with E-state index in [9.17, 15) is 19.5 Å². The Labute approximate surface area is 189 Å². The smallest absolute Gasteiger partial charge is 0.371 e. The average Bonchev–Trinajstić information content (AvgIpc) is 3.18. The SMILES string of the molecule is CN1CN(Cc2ccccc2)C(=O)c2nc(C(=O)/C=C(\O)C(=O)O)n(Cc3ccccc3)c21. The van der Waals surface area contributed by atoms with Crippen LogP contribution in [-0.4, -0.2) is 56.0 Å². The van der Waals surface area contributed by atoms with E-state index in [1.54, 1.807) is 16.5 Å². The molecule has 0 bridgehead atoms. The van der Waals surface area contributed by atoms with Crippen LogP contribution in [-0.2, 0) is 17.9 Å². The maximum Gasteiger partial charge on any atom is 0.371 e. The molecule has 0 aliphatic carbocycles. The number of carboxylic acids is 1. The number of allylic oxidation sites excluding steroid dienone is 1. The summed E-state index contributed by atoms with van der Waals surface area (Å²) in [4.78, 5) is 44.9. The Kier molecular flexibility index (Phi) is 5.95. The van der Waals surface area contributed by atoms with Gasteiger partial charge in [-0.15, -0.1) is 0 Å². The normalized spacial score (nSPS) is 13.7. The first-order chi connectivity index (χ1) is 15.8. The number of amides is 1. The summed E-state index contributed by atoms with van der Waals surface area (Å²) in [5.41, 5.74) is 1.92. The van der Waals surface area contributed by atoms with E-state index in [1.165, 1.54) is 0 Å². The van der Waals surface area contributed by atoms with Gasteiger partial charge in [0.15, 0.2) is 11.5 Å². The van der Waals surface area contributed by atoms with Gasteiger partial charge >= 0.3 is 5.97 Å². The predicted octanol–water partition coefficient (Wildman–Crippen LogP) is 2.69. The van der Waals surface area contributed by atoms with Crippen LogP contribution in [0.2, 0.25) is 0 Å². The number of nitrogens with zero attached hydrogens (tertiary/aromatic N) is 4. The number of carbonyl (C=O) groups is 3. The minimum absolute atomic E-state index is 0.0992. The fourth-order valence-corrected chi connectivity index (χ4v) is 3.79. The maximum absolute atomic E-state index is 13.3. The molecule has 0 atom stereocenters. The van der Waals surface area contributed by atoms with Gasteiger partial charge in [-0.25, -0.2) is 9.78 Å². The molecule has 0 saturated heterocycles. The van der Waals surface area contributed by atoms with E-state index in [0.717, 1.165) is 11.1 Å². The van der Waals surface area contributed by atoms with Crippen LogP contribution in [0.4, 0.5) is 5.82 Å². The number of hydrogen-bond donors (Lipinski definition) is 2. The lowest BCUT2D eigenvalue weighted by atomic mass is 10.2. The third kappa shape index (κ3) is 4.47. The van der Waals surface area contributed by atoms with Crippen molar-refractivity contribution >= 4 is 23.5 Å². The summed E-state index contributed by atoms with van der Waals surface area (Å²) >= 11 is 0. The van der Waals surface area contributed by atoms with Crippen molar-refractivity contribution in [3.8, 4) is 0 Å². The van der Waals surface area contributed by atoms with E-state index in [4.69, 9.17) is 5.11 Å². The molecule has 1 amide bonds. The predicted molar refractivity (Wildman–Crippen MR) is 120 cm³/mol. The van der Waals surface area contributed by atoms with Gasteiger partial charge in [0.1, 0.15) is 5.82 Å². The monoisotopic (exact) mass is 446 g/mol. The van der Waals surface area contributed by atoms with Crippen molar-refractivity contribution in [3.63, 3.8) is 0 Å². The van der Waals surface area contributed by atoms with Crippen molar-refractivity contribution in [2.45, 2.75) is 13.1 Å². The molecule has 2 N–H and O–H groups in total. The zero-order valence-corrected chi connectivity index (χ0v) is 17.9. The Morgan fingerprint density at radius 2 is 1.55 bits per heavy atom. The van der Waals surface area contributed by atoms with Crippen molar-refractivity contribution in [1.82, 2.24) is 14.5 Å². The third-order valence-electron chi connectivity index (χ3n) is 5.28. The van der Waals surface area contributed by atoms with E-state index in [0.29, 0.717) is 18.4 Å². The van der Waals surface area contributed by atoms with E-state index in [2.05, 4.69) is 4.98 Å². The topological polar surface area (TPSA) is 116 Å². The van der Waals surface area contributed by atoms with Gasteiger partial charge < -0.3 is 24.6 Å². The largest absolute Gasteiger partial charge is 0.502 e. The molecule has 33 heavy (non-hydrogen) atoms. The molecular weight excluding hydrogens is 424 g/mol. The van der Waals surface area contributed by atoms with Crippen molar-refractivity contribution < 1.29 is 24.6 Å². The van der Waals surface area contributed by atoms with Crippen LogP contribution in [0.25, 0.3) is 0 Å². The number of rotatable bonds is 7. The Balaban J connectivity index is 1.77. The van der Waals surface area contributed by atoms with Crippen LogP contribution in [0.15, 0.2) is 72.5 Å². The molecule has 1 aliphatic rings. The first-order valence-corrected chi connectivity index (χ1v) is 10.2. The molecule has 9 heteroatoms. The van der Waals surface area contributed by atoms with Crippen molar-refractivity contribution in [2.75, 3.05) is 18.6 Å². The van der Waals surface area contributed by atoms with Crippen LogP contribution in [0.1, 0.15) is 32.2 Å². The molecule has 4 rings (SSSR count). The Morgan fingerprint density at radius 3 is 2.12 bits per heavy atom. The van der Waals surface area contributed by atoms with Crippen LogP contribution in [0.5, 0.6) is 0 Å². The molecule has 2 heterocycles. The number of benzene rings is 2. The number of carbonyl (C=O) groups excluding carboxylic acids is 2. The molecular formula is C24H22N4O5. The van der Waals surface area contributed by atoms with Crippen molar-refractivity contribution in [1.29, 1.82) is 0 Å². The summed E-state index contributed by atoms with van der Waals surface area (Å²) in [6, 6.07) is 18.8. The minimum Gasteiger partial charge on any atom is -0.502 e. The number of aliphatic carboxylic acids is 1. The number of aliphatic hydroxyl groups excluding tert-OH is 1. The Morgan fingerprint density at radius 1 is 0.970 bits per heavy atom. The number of aromatic nitrogens is 2. The highest BCUT2D eigenvalue weighted by Gasteiger charge is 2.35. The number of ketones is 1. The summed E-state index contributed by atoms with van der Waals surface area (Å²) in [5, 5.41) is 18.5. The highest BCUT2D eigenvalue weighted by Crippen LogP contribution is 2.30. The fraction of sp³-hybridized carbons (Fsp3) is 0.167. The number of aliphatic hydroxyl groups is 1. The molecule has 0 fully saturated rings. The fourth-order valence-electron chi connectivity index (χ4n) is 3.79. The molecule has 9 nitrogen and oxygen atoms in total. The standard InChI is InChI=1S/C24H22N4O5/c1-26-15-27(13-16-8-4-2-5-9-16)23(31)20-22(26)28(14-17-10-6-3-7-11-17)21(25-20)18(29)12-19(30)24(32)33/h2-12,30H,13-15H2,1H3,(H,32,33)/b19-12-.